The van der Waals surface area contributed by atoms with Gasteiger partial charge in [-0.05, 0) is 32.0 Å². The summed E-state index contributed by atoms with van der Waals surface area (Å²) < 4.78 is 8.81. The number of pyridine rings is 1. The van der Waals surface area contributed by atoms with Crippen molar-refractivity contribution in [2.45, 2.75) is 24.3 Å². The van der Waals surface area contributed by atoms with E-state index in [9.17, 15) is 4.79 Å². The first-order valence-corrected chi connectivity index (χ1v) is 9.94. The lowest BCUT2D eigenvalue weighted by atomic mass is 10.1. The van der Waals surface area contributed by atoms with E-state index in [0.717, 1.165) is 16.7 Å². The van der Waals surface area contributed by atoms with Crippen molar-refractivity contribution >= 4 is 11.8 Å². The third-order valence-corrected chi connectivity index (χ3v) is 5.68. The minimum absolute atomic E-state index is 0.0864. The number of rotatable bonds is 5. The summed E-state index contributed by atoms with van der Waals surface area (Å²) in [7, 11) is 3.58. The molecule has 0 aliphatic rings. The van der Waals surface area contributed by atoms with E-state index in [4.69, 9.17) is 4.52 Å². The number of thioether (sulfide) groups is 1. The molecule has 0 fully saturated rings. The van der Waals surface area contributed by atoms with Gasteiger partial charge in [0.15, 0.2) is 16.8 Å². The molecule has 0 radical (unpaired) electrons. The first kappa shape index (κ1) is 19.1. The fourth-order valence-corrected chi connectivity index (χ4v) is 3.71. The maximum Gasteiger partial charge on any atom is 0.257 e. The lowest BCUT2D eigenvalue weighted by molar-refractivity contribution is 0.423. The van der Waals surface area contributed by atoms with Crippen molar-refractivity contribution in [3.8, 4) is 22.8 Å². The van der Waals surface area contributed by atoms with Gasteiger partial charge < -0.3 is 13.7 Å². The zero-order chi connectivity index (χ0) is 20.5. The number of benzene rings is 1. The van der Waals surface area contributed by atoms with Gasteiger partial charge in [-0.1, -0.05) is 34.6 Å². The third kappa shape index (κ3) is 3.86. The van der Waals surface area contributed by atoms with Gasteiger partial charge in [0, 0.05) is 37.5 Å². The Bertz CT molecular complexity index is 1230. The van der Waals surface area contributed by atoms with Gasteiger partial charge in [0.2, 0.25) is 0 Å². The Morgan fingerprint density at radius 1 is 1.10 bits per heavy atom. The molecule has 1 aromatic carbocycles. The highest BCUT2D eigenvalue weighted by Crippen LogP contribution is 2.34. The molecule has 29 heavy (non-hydrogen) atoms. The minimum Gasteiger partial charge on any atom is -0.334 e. The van der Waals surface area contributed by atoms with Gasteiger partial charge in [-0.2, -0.15) is 4.98 Å². The third-order valence-electron chi connectivity index (χ3n) is 4.55. The number of nitrogens with zero attached hydrogens (tertiary/aromatic N) is 6. The molecule has 0 aliphatic carbocycles. The van der Waals surface area contributed by atoms with Crippen LogP contribution < -0.4 is 5.56 Å². The maximum atomic E-state index is 11.9. The molecule has 4 aromatic rings. The highest BCUT2D eigenvalue weighted by molar-refractivity contribution is 7.99. The summed E-state index contributed by atoms with van der Waals surface area (Å²) in [5.41, 5.74) is 2.66. The lowest BCUT2D eigenvalue weighted by Crippen LogP contribution is -2.14. The minimum atomic E-state index is -0.0939. The summed E-state index contributed by atoms with van der Waals surface area (Å²) in [6.45, 7) is 4.01. The zero-order valence-corrected chi connectivity index (χ0v) is 17.3. The molecule has 3 heterocycles. The maximum absolute atomic E-state index is 11.9. The van der Waals surface area contributed by atoms with Crippen LogP contribution in [0, 0.1) is 6.92 Å². The van der Waals surface area contributed by atoms with Crippen molar-refractivity contribution in [1.29, 1.82) is 0 Å². The van der Waals surface area contributed by atoms with Crippen LogP contribution in [0.3, 0.4) is 0 Å². The molecule has 1 unspecified atom stereocenters. The van der Waals surface area contributed by atoms with Crippen LogP contribution in [-0.2, 0) is 14.1 Å². The largest absolute Gasteiger partial charge is 0.334 e. The van der Waals surface area contributed by atoms with Gasteiger partial charge in [0.25, 0.3) is 11.4 Å². The van der Waals surface area contributed by atoms with Crippen molar-refractivity contribution in [2.75, 3.05) is 0 Å². The molecule has 148 valence electrons. The van der Waals surface area contributed by atoms with E-state index in [1.165, 1.54) is 16.3 Å². The van der Waals surface area contributed by atoms with Gasteiger partial charge in [-0.25, -0.2) is 0 Å². The van der Waals surface area contributed by atoms with Crippen LogP contribution in [-0.4, -0.2) is 29.5 Å². The van der Waals surface area contributed by atoms with E-state index in [1.807, 2.05) is 55.8 Å². The Hall–Kier alpha value is -3.20. The van der Waals surface area contributed by atoms with Gasteiger partial charge in [0.05, 0.1) is 5.25 Å². The summed E-state index contributed by atoms with van der Waals surface area (Å²) in [5, 5.41) is 13.3. The van der Waals surface area contributed by atoms with Crippen molar-refractivity contribution in [3.05, 3.63) is 64.3 Å². The molecule has 9 heteroatoms. The van der Waals surface area contributed by atoms with Crippen LogP contribution in [0.1, 0.15) is 23.6 Å². The van der Waals surface area contributed by atoms with Gasteiger partial charge in [-0.3, -0.25) is 4.79 Å². The first-order chi connectivity index (χ1) is 13.9. The van der Waals surface area contributed by atoms with Crippen LogP contribution in [0.2, 0.25) is 0 Å². The molecule has 0 amide bonds. The predicted molar refractivity (Wildman–Crippen MR) is 110 cm³/mol. The average molecular weight is 408 g/mol. The Morgan fingerprint density at radius 3 is 2.69 bits per heavy atom. The molecule has 8 nitrogen and oxygen atoms in total. The Balaban J connectivity index is 1.55. The van der Waals surface area contributed by atoms with Gasteiger partial charge in [-0.15, -0.1) is 10.2 Å². The monoisotopic (exact) mass is 408 g/mol. The second-order valence-electron chi connectivity index (χ2n) is 6.82. The topological polar surface area (TPSA) is 91.6 Å². The van der Waals surface area contributed by atoms with Crippen molar-refractivity contribution < 1.29 is 4.52 Å². The van der Waals surface area contributed by atoms with Crippen molar-refractivity contribution in [3.63, 3.8) is 0 Å². The quantitative estimate of drug-likeness (QED) is 0.467. The summed E-state index contributed by atoms with van der Waals surface area (Å²) in [6.07, 6.45) is 1.72. The van der Waals surface area contributed by atoms with Crippen LogP contribution in [0.15, 0.2) is 57.1 Å². The Kier molecular flexibility index (Phi) is 5.06. The summed E-state index contributed by atoms with van der Waals surface area (Å²) >= 11 is 1.48. The summed E-state index contributed by atoms with van der Waals surface area (Å²) in [5.74, 6) is 1.71. The number of hydrogen-bond acceptors (Lipinski definition) is 7. The second-order valence-corrected chi connectivity index (χ2v) is 8.13. The Labute approximate surface area is 171 Å². The van der Waals surface area contributed by atoms with E-state index < -0.39 is 0 Å². The fourth-order valence-electron chi connectivity index (χ4n) is 2.86. The fraction of sp³-hybridized carbons (Fsp3) is 0.250. The SMILES string of the molecule is Cc1cccc(-c2nc(C(C)Sc3nnc(-c4ccn(C)c(=O)c4)n3C)no2)c1. The molecule has 1 atom stereocenters. The number of hydrogen-bond donors (Lipinski definition) is 0. The molecular weight excluding hydrogens is 388 g/mol. The molecule has 0 N–H and O–H groups in total. The number of aryl methyl sites for hydroxylation is 2. The zero-order valence-electron chi connectivity index (χ0n) is 16.5. The normalized spacial score (nSPS) is 12.3. The average Bonchev–Trinajstić information content (AvgIpc) is 3.32. The number of aromatic nitrogens is 6. The predicted octanol–water partition coefficient (Wildman–Crippen LogP) is 3.39. The highest BCUT2D eigenvalue weighted by atomic mass is 32.2. The molecule has 0 saturated heterocycles. The van der Waals surface area contributed by atoms with Crippen LogP contribution in [0.5, 0.6) is 0 Å². The second kappa shape index (κ2) is 7.67. The van der Waals surface area contributed by atoms with Gasteiger partial charge in [0.1, 0.15) is 0 Å². The molecule has 0 spiro atoms. The smallest absolute Gasteiger partial charge is 0.257 e. The van der Waals surface area contributed by atoms with Crippen LogP contribution >= 0.6 is 11.8 Å². The van der Waals surface area contributed by atoms with E-state index >= 15 is 0 Å². The highest BCUT2D eigenvalue weighted by Gasteiger charge is 2.20. The molecule has 4 rings (SSSR count). The van der Waals surface area contributed by atoms with Crippen LogP contribution in [0.4, 0.5) is 0 Å². The Morgan fingerprint density at radius 2 is 1.93 bits per heavy atom. The lowest BCUT2D eigenvalue weighted by Gasteiger charge is -2.07. The van der Waals surface area contributed by atoms with Crippen molar-refractivity contribution in [2.24, 2.45) is 14.1 Å². The molecule has 3 aromatic heterocycles. The van der Waals surface area contributed by atoms with Crippen molar-refractivity contribution in [1.82, 2.24) is 29.5 Å². The molecule has 0 aliphatic heterocycles. The van der Waals surface area contributed by atoms with E-state index in [2.05, 4.69) is 20.3 Å². The van der Waals surface area contributed by atoms with Crippen LogP contribution in [0.25, 0.3) is 22.8 Å². The van der Waals surface area contributed by atoms with E-state index in [1.54, 1.807) is 19.3 Å². The summed E-state index contributed by atoms with van der Waals surface area (Å²) in [4.78, 5) is 16.4. The molecular formula is C20H20N6O2S. The van der Waals surface area contributed by atoms with E-state index in [-0.39, 0.29) is 10.8 Å². The molecule has 0 bridgehead atoms. The molecule has 0 saturated carbocycles. The summed E-state index contributed by atoms with van der Waals surface area (Å²) in [6, 6.07) is 11.3. The standard InChI is InChI=1S/C20H20N6O2S/c1-12-6-5-7-15(10-12)19-21-17(24-28-19)13(2)29-20-23-22-18(26(20)4)14-8-9-25(3)16(27)11-14/h5-11,13H,1-4H3. The van der Waals surface area contributed by atoms with Gasteiger partial charge >= 0.3 is 0 Å². The van der Waals surface area contributed by atoms with E-state index in [0.29, 0.717) is 22.7 Å². The first-order valence-electron chi connectivity index (χ1n) is 9.06.